The molecule has 6 nitrogen and oxygen atoms in total. The van der Waals surface area contributed by atoms with Crippen molar-refractivity contribution < 1.29 is 20.4 Å². The third kappa shape index (κ3) is 7.45. The fraction of sp³-hybridized carbons (Fsp3) is 1.00. The summed E-state index contributed by atoms with van der Waals surface area (Å²) >= 11 is 0. The van der Waals surface area contributed by atoms with Gasteiger partial charge in [0.2, 0.25) is 0 Å². The lowest BCUT2D eigenvalue weighted by Crippen LogP contribution is -2.62. The van der Waals surface area contributed by atoms with E-state index in [1.807, 2.05) is 4.90 Å². The second-order valence-electron chi connectivity index (χ2n) is 7.95. The Balaban J connectivity index is 2.15. The van der Waals surface area contributed by atoms with Crippen LogP contribution in [0.5, 0.6) is 0 Å². The van der Waals surface area contributed by atoms with E-state index in [2.05, 4.69) is 26.1 Å². The summed E-state index contributed by atoms with van der Waals surface area (Å²) in [6, 6.07) is -0.484. The molecule has 0 bridgehead atoms. The van der Waals surface area contributed by atoms with Crippen molar-refractivity contribution in [3.8, 4) is 0 Å². The number of nitrogens with one attached hydrogen (secondary N) is 1. The molecule has 1 aliphatic heterocycles. The summed E-state index contributed by atoms with van der Waals surface area (Å²) in [5.41, 5.74) is 0.319. The van der Waals surface area contributed by atoms with E-state index in [9.17, 15) is 20.4 Å². The average Bonchev–Trinajstić information content (AvgIpc) is 2.46. The molecule has 1 heterocycles. The van der Waals surface area contributed by atoms with Crippen molar-refractivity contribution in [3.63, 3.8) is 0 Å². The van der Waals surface area contributed by atoms with E-state index >= 15 is 0 Å². The van der Waals surface area contributed by atoms with Gasteiger partial charge >= 0.3 is 0 Å². The minimum Gasteiger partial charge on any atom is -0.395 e. The van der Waals surface area contributed by atoms with E-state index in [4.69, 9.17) is 0 Å². The number of β-amino-alcohol motifs (C(OH)–C–C–N with tert-alkyl or cyclic N) is 1. The standard InChI is InChI=1S/C17H36N2O4/c1-17(2,3)12-18-8-6-4-5-7-9-19-10-14(21)16(23)15(22)13(19)11-20/h13-16,18,20-23H,4-12H2,1-3H3/t13-,14+,15-,16-/m1/s1. The quantitative estimate of drug-likeness (QED) is 0.380. The molecule has 0 unspecified atom stereocenters. The highest BCUT2D eigenvalue weighted by atomic mass is 16.4. The number of unbranched alkanes of at least 4 members (excludes halogenated alkanes) is 3. The van der Waals surface area contributed by atoms with E-state index in [-0.39, 0.29) is 6.61 Å². The zero-order chi connectivity index (χ0) is 17.5. The number of likely N-dealkylation sites (tertiary alicyclic amines) is 1. The minimum atomic E-state index is -1.17. The van der Waals surface area contributed by atoms with Crippen LogP contribution >= 0.6 is 0 Å². The van der Waals surface area contributed by atoms with E-state index in [0.29, 0.717) is 12.0 Å². The first-order valence-corrected chi connectivity index (χ1v) is 8.86. The zero-order valence-electron chi connectivity index (χ0n) is 14.9. The Morgan fingerprint density at radius 3 is 2.26 bits per heavy atom. The first-order chi connectivity index (χ1) is 10.8. The number of hydrogen-bond donors (Lipinski definition) is 5. The summed E-state index contributed by atoms with van der Waals surface area (Å²) < 4.78 is 0. The summed E-state index contributed by atoms with van der Waals surface area (Å²) in [4.78, 5) is 1.89. The van der Waals surface area contributed by atoms with Crippen LogP contribution < -0.4 is 5.32 Å². The summed E-state index contributed by atoms with van der Waals surface area (Å²) in [6.07, 6.45) is 1.12. The summed E-state index contributed by atoms with van der Waals surface area (Å²) in [5, 5.41) is 42.2. The number of aliphatic hydroxyl groups excluding tert-OH is 4. The predicted octanol–water partition coefficient (Wildman–Crippen LogP) is -0.0583. The van der Waals surface area contributed by atoms with Crippen LogP contribution in [0.1, 0.15) is 46.5 Å². The average molecular weight is 332 g/mol. The van der Waals surface area contributed by atoms with Crippen molar-refractivity contribution in [2.24, 2.45) is 5.41 Å². The molecule has 0 amide bonds. The van der Waals surface area contributed by atoms with Gasteiger partial charge in [-0.25, -0.2) is 0 Å². The fourth-order valence-corrected chi connectivity index (χ4v) is 3.02. The Bertz CT molecular complexity index is 322. The largest absolute Gasteiger partial charge is 0.395 e. The van der Waals surface area contributed by atoms with Gasteiger partial charge in [-0.2, -0.15) is 0 Å². The van der Waals surface area contributed by atoms with Crippen molar-refractivity contribution >= 4 is 0 Å². The van der Waals surface area contributed by atoms with Gasteiger partial charge in [0.1, 0.15) is 12.2 Å². The van der Waals surface area contributed by atoms with Gasteiger partial charge in [-0.05, 0) is 37.9 Å². The number of nitrogens with zero attached hydrogens (tertiary/aromatic N) is 1. The molecule has 23 heavy (non-hydrogen) atoms. The van der Waals surface area contributed by atoms with E-state index in [1.165, 1.54) is 0 Å². The Labute approximate surface area is 140 Å². The molecule has 0 saturated carbocycles. The van der Waals surface area contributed by atoms with Crippen LogP contribution in [0.4, 0.5) is 0 Å². The molecule has 138 valence electrons. The molecule has 5 N–H and O–H groups in total. The second-order valence-corrected chi connectivity index (χ2v) is 7.95. The fourth-order valence-electron chi connectivity index (χ4n) is 3.02. The van der Waals surface area contributed by atoms with Crippen molar-refractivity contribution in [2.75, 3.05) is 32.8 Å². The van der Waals surface area contributed by atoms with Gasteiger partial charge in [-0.15, -0.1) is 0 Å². The Morgan fingerprint density at radius 1 is 1.00 bits per heavy atom. The maximum absolute atomic E-state index is 9.92. The van der Waals surface area contributed by atoms with E-state index < -0.39 is 24.4 Å². The van der Waals surface area contributed by atoms with Gasteiger partial charge in [-0.3, -0.25) is 4.90 Å². The van der Waals surface area contributed by atoms with E-state index in [1.54, 1.807) is 0 Å². The highest BCUT2D eigenvalue weighted by molar-refractivity contribution is 4.93. The van der Waals surface area contributed by atoms with Crippen LogP contribution in [-0.4, -0.2) is 82.5 Å². The van der Waals surface area contributed by atoms with Crippen LogP contribution in [-0.2, 0) is 0 Å². The third-order valence-electron chi connectivity index (χ3n) is 4.42. The molecule has 1 saturated heterocycles. The van der Waals surface area contributed by atoms with Crippen LogP contribution in [0, 0.1) is 5.41 Å². The molecule has 1 rings (SSSR count). The monoisotopic (exact) mass is 332 g/mol. The maximum Gasteiger partial charge on any atom is 0.109 e. The maximum atomic E-state index is 9.92. The SMILES string of the molecule is CC(C)(C)CNCCCCCCN1C[C@H](O)[C@@H](O)[C@H](O)[C@H]1CO. The van der Waals surface area contributed by atoms with Gasteiger partial charge in [0, 0.05) is 6.54 Å². The number of hydrogen-bond acceptors (Lipinski definition) is 6. The molecule has 1 fully saturated rings. The van der Waals surface area contributed by atoms with Crippen molar-refractivity contribution in [1.82, 2.24) is 10.2 Å². The highest BCUT2D eigenvalue weighted by Gasteiger charge is 2.40. The molecule has 0 spiro atoms. The first-order valence-electron chi connectivity index (χ1n) is 8.86. The lowest BCUT2D eigenvalue weighted by molar-refractivity contribution is -0.145. The van der Waals surface area contributed by atoms with Gasteiger partial charge in [0.15, 0.2) is 0 Å². The Hall–Kier alpha value is -0.240. The lowest BCUT2D eigenvalue weighted by atomic mass is 9.94. The molecular formula is C17H36N2O4. The first kappa shape index (κ1) is 20.8. The predicted molar refractivity (Wildman–Crippen MR) is 91.3 cm³/mol. The van der Waals surface area contributed by atoms with Crippen molar-refractivity contribution in [1.29, 1.82) is 0 Å². The van der Waals surface area contributed by atoms with E-state index in [0.717, 1.165) is 45.3 Å². The highest BCUT2D eigenvalue weighted by Crippen LogP contribution is 2.19. The molecule has 1 aliphatic rings. The van der Waals surface area contributed by atoms with Crippen LogP contribution in [0.15, 0.2) is 0 Å². The van der Waals surface area contributed by atoms with Crippen LogP contribution in [0.25, 0.3) is 0 Å². The summed E-state index contributed by atoms with van der Waals surface area (Å²) in [6.45, 7) is 9.53. The Kier molecular flexibility index (Phi) is 8.97. The number of aliphatic hydroxyl groups is 4. The van der Waals surface area contributed by atoms with Gasteiger partial charge < -0.3 is 25.7 Å². The zero-order valence-corrected chi connectivity index (χ0v) is 14.9. The Morgan fingerprint density at radius 2 is 1.65 bits per heavy atom. The molecule has 0 aromatic rings. The van der Waals surface area contributed by atoms with Crippen LogP contribution in [0.2, 0.25) is 0 Å². The molecular weight excluding hydrogens is 296 g/mol. The molecule has 6 heteroatoms. The smallest absolute Gasteiger partial charge is 0.109 e. The molecule has 0 aromatic carbocycles. The third-order valence-corrected chi connectivity index (χ3v) is 4.42. The second kappa shape index (κ2) is 9.91. The van der Waals surface area contributed by atoms with Crippen molar-refractivity contribution in [2.45, 2.75) is 70.8 Å². The van der Waals surface area contributed by atoms with Gasteiger partial charge in [0.25, 0.3) is 0 Å². The molecule has 0 aromatic heterocycles. The number of piperidine rings is 1. The molecule has 0 radical (unpaired) electrons. The topological polar surface area (TPSA) is 96.2 Å². The normalized spacial score (nSPS) is 29.9. The minimum absolute atomic E-state index is 0.207. The van der Waals surface area contributed by atoms with Gasteiger partial charge in [0.05, 0.1) is 18.8 Å². The molecule has 0 aliphatic carbocycles. The van der Waals surface area contributed by atoms with Crippen LogP contribution in [0.3, 0.4) is 0 Å². The molecule has 4 atom stereocenters. The lowest BCUT2D eigenvalue weighted by Gasteiger charge is -2.43. The summed E-state index contributed by atoms with van der Waals surface area (Å²) in [5.74, 6) is 0. The summed E-state index contributed by atoms with van der Waals surface area (Å²) in [7, 11) is 0. The number of rotatable bonds is 9. The van der Waals surface area contributed by atoms with Crippen molar-refractivity contribution in [3.05, 3.63) is 0 Å². The van der Waals surface area contributed by atoms with Gasteiger partial charge in [-0.1, -0.05) is 33.6 Å².